The molecule has 41 heavy (non-hydrogen) atoms. The summed E-state index contributed by atoms with van der Waals surface area (Å²) in [6.07, 6.45) is 8.56. The van der Waals surface area contributed by atoms with E-state index in [2.05, 4.69) is 29.1 Å². The number of amides is 4. The van der Waals surface area contributed by atoms with Crippen molar-refractivity contribution in [3.8, 4) is 0 Å². The number of Topliss-reactive ketones (excluding diaryl/α,β-unsaturated/α-hetero) is 2. The van der Waals surface area contributed by atoms with E-state index in [1.54, 1.807) is 19.9 Å². The molecule has 1 aliphatic carbocycles. The molecule has 0 bridgehead atoms. The molecule has 0 aromatic carbocycles. The lowest BCUT2D eigenvalue weighted by molar-refractivity contribution is -0.147. The maximum atomic E-state index is 14.1. The van der Waals surface area contributed by atoms with Crippen LogP contribution < -0.4 is 16.0 Å². The highest BCUT2D eigenvalue weighted by Gasteiger charge is 2.47. The first kappa shape index (κ1) is 33.9. The SMILES string of the molecule is C=CCCC(NC(=O)[C@@H]1[C@@H](C(C)C)CCN1C(=O)[C@@H](NC(=O)C(=O)C(C)C)C1CCCCC1)C(=O)C(=O)NCC=C. The number of nitrogens with zero attached hydrogens (tertiary/aromatic N) is 1. The number of ketones is 2. The third-order valence-electron chi connectivity index (χ3n) is 8.20. The van der Waals surface area contributed by atoms with Gasteiger partial charge in [0.25, 0.3) is 11.8 Å². The average Bonchev–Trinajstić information content (AvgIpc) is 3.41. The molecule has 1 saturated carbocycles. The van der Waals surface area contributed by atoms with Crippen molar-refractivity contribution in [2.24, 2.45) is 23.7 Å². The van der Waals surface area contributed by atoms with Gasteiger partial charge in [-0.2, -0.15) is 0 Å². The van der Waals surface area contributed by atoms with Crippen molar-refractivity contribution in [3.05, 3.63) is 25.3 Å². The maximum Gasteiger partial charge on any atom is 0.289 e. The number of nitrogens with one attached hydrogen (secondary N) is 3. The molecular formula is C31H48N4O6. The molecule has 2 aliphatic rings. The molecule has 228 valence electrons. The molecular weight excluding hydrogens is 524 g/mol. The van der Waals surface area contributed by atoms with Gasteiger partial charge in [-0.15, -0.1) is 13.2 Å². The van der Waals surface area contributed by atoms with Gasteiger partial charge < -0.3 is 20.9 Å². The lowest BCUT2D eigenvalue weighted by Gasteiger charge is -2.36. The van der Waals surface area contributed by atoms with Gasteiger partial charge in [0.2, 0.25) is 23.4 Å². The Morgan fingerprint density at radius 1 is 0.854 bits per heavy atom. The van der Waals surface area contributed by atoms with E-state index >= 15 is 0 Å². The maximum absolute atomic E-state index is 14.1. The smallest absolute Gasteiger partial charge is 0.289 e. The van der Waals surface area contributed by atoms with E-state index < -0.39 is 53.3 Å². The van der Waals surface area contributed by atoms with Crippen molar-refractivity contribution >= 4 is 35.2 Å². The van der Waals surface area contributed by atoms with Crippen LogP contribution in [0.4, 0.5) is 0 Å². The standard InChI is InChI=1S/C31H48N4O6/c1-7-9-15-23(27(37)29(39)32-17-8-2)33-28(38)25-22(19(3)4)16-18-35(25)31(41)24(21-13-11-10-12-14-21)34-30(40)26(36)20(5)6/h7-8,19-25H,1-2,9-18H2,3-6H3,(H,32,39)(H,33,38)(H,34,40)/t22-,23?,24+,25+/m1/s1. The van der Waals surface area contributed by atoms with Crippen LogP contribution in [0.3, 0.4) is 0 Å². The number of hydrogen-bond donors (Lipinski definition) is 3. The zero-order valence-corrected chi connectivity index (χ0v) is 25.1. The molecule has 10 heteroatoms. The Labute approximate surface area is 244 Å². The highest BCUT2D eigenvalue weighted by Crippen LogP contribution is 2.34. The van der Waals surface area contributed by atoms with Crippen LogP contribution in [0.2, 0.25) is 0 Å². The Kier molecular flexibility index (Phi) is 13.4. The van der Waals surface area contributed by atoms with Gasteiger partial charge in [0, 0.05) is 19.0 Å². The minimum atomic E-state index is -1.09. The van der Waals surface area contributed by atoms with Gasteiger partial charge in [0.05, 0.1) is 6.04 Å². The summed E-state index contributed by atoms with van der Waals surface area (Å²) < 4.78 is 0. The van der Waals surface area contributed by atoms with Crippen molar-refractivity contribution < 1.29 is 28.8 Å². The van der Waals surface area contributed by atoms with Crippen molar-refractivity contribution in [2.45, 2.75) is 97.2 Å². The highest BCUT2D eigenvalue weighted by atomic mass is 16.2. The van der Waals surface area contributed by atoms with Gasteiger partial charge >= 0.3 is 0 Å². The summed E-state index contributed by atoms with van der Waals surface area (Å²) in [5.74, 6) is -4.68. The van der Waals surface area contributed by atoms with E-state index in [0.717, 1.165) is 32.1 Å². The third-order valence-corrected chi connectivity index (χ3v) is 8.20. The van der Waals surface area contributed by atoms with Crippen LogP contribution in [0.1, 0.15) is 79.1 Å². The molecule has 1 unspecified atom stereocenters. The molecule has 1 saturated heterocycles. The highest BCUT2D eigenvalue weighted by molar-refractivity contribution is 6.38. The molecule has 1 heterocycles. The largest absolute Gasteiger partial charge is 0.346 e. The van der Waals surface area contributed by atoms with Crippen molar-refractivity contribution in [1.29, 1.82) is 0 Å². The van der Waals surface area contributed by atoms with E-state index in [-0.39, 0.29) is 36.6 Å². The van der Waals surface area contributed by atoms with Gasteiger partial charge in [-0.05, 0) is 49.9 Å². The molecule has 0 spiro atoms. The fourth-order valence-electron chi connectivity index (χ4n) is 5.82. The molecule has 0 aromatic rings. The van der Waals surface area contributed by atoms with Crippen LogP contribution in [-0.4, -0.2) is 71.3 Å². The first-order valence-corrected chi connectivity index (χ1v) is 14.9. The lowest BCUT2D eigenvalue weighted by Crippen LogP contribution is -2.59. The quantitative estimate of drug-likeness (QED) is 0.203. The number of carbonyl (C=O) groups is 6. The topological polar surface area (TPSA) is 142 Å². The zero-order chi connectivity index (χ0) is 30.7. The Bertz CT molecular complexity index is 1000. The second kappa shape index (κ2) is 16.2. The Hall–Kier alpha value is -3.30. The van der Waals surface area contributed by atoms with Crippen LogP contribution in [0, 0.1) is 23.7 Å². The van der Waals surface area contributed by atoms with Gasteiger partial charge in [0.15, 0.2) is 0 Å². The van der Waals surface area contributed by atoms with E-state index in [9.17, 15) is 28.8 Å². The molecule has 3 N–H and O–H groups in total. The lowest BCUT2D eigenvalue weighted by atomic mass is 9.82. The number of allylic oxidation sites excluding steroid dienone is 1. The number of carbonyl (C=O) groups excluding carboxylic acids is 6. The summed E-state index contributed by atoms with van der Waals surface area (Å²) in [5.41, 5.74) is 0. The molecule has 2 fully saturated rings. The molecule has 1 aliphatic heterocycles. The van der Waals surface area contributed by atoms with E-state index in [4.69, 9.17) is 0 Å². The van der Waals surface area contributed by atoms with Crippen molar-refractivity contribution in [1.82, 2.24) is 20.9 Å². The van der Waals surface area contributed by atoms with Crippen molar-refractivity contribution in [3.63, 3.8) is 0 Å². The summed E-state index contributed by atoms with van der Waals surface area (Å²) >= 11 is 0. The summed E-state index contributed by atoms with van der Waals surface area (Å²) in [5, 5.41) is 7.94. The molecule has 4 atom stereocenters. The molecule has 4 amide bonds. The predicted octanol–water partition coefficient (Wildman–Crippen LogP) is 2.47. The second-order valence-electron chi connectivity index (χ2n) is 11.8. The summed E-state index contributed by atoms with van der Waals surface area (Å²) in [6, 6.07) is -2.90. The number of likely N-dealkylation sites (tertiary alicyclic amines) is 1. The van der Waals surface area contributed by atoms with Gasteiger partial charge in [-0.1, -0.05) is 59.1 Å². The van der Waals surface area contributed by atoms with Gasteiger partial charge in [-0.25, -0.2) is 0 Å². The van der Waals surface area contributed by atoms with Crippen LogP contribution >= 0.6 is 0 Å². The molecule has 0 aromatic heterocycles. The fraction of sp³-hybridized carbons (Fsp3) is 0.677. The zero-order valence-electron chi connectivity index (χ0n) is 25.1. The Morgan fingerprint density at radius 3 is 2.07 bits per heavy atom. The van der Waals surface area contributed by atoms with E-state index in [0.29, 0.717) is 19.4 Å². The molecule has 0 radical (unpaired) electrons. The monoisotopic (exact) mass is 572 g/mol. The number of rotatable bonds is 15. The predicted molar refractivity (Wildman–Crippen MR) is 156 cm³/mol. The minimum Gasteiger partial charge on any atom is -0.346 e. The fourth-order valence-corrected chi connectivity index (χ4v) is 5.82. The first-order valence-electron chi connectivity index (χ1n) is 14.9. The minimum absolute atomic E-state index is 0.0482. The summed E-state index contributed by atoms with van der Waals surface area (Å²) in [4.78, 5) is 80.1. The summed E-state index contributed by atoms with van der Waals surface area (Å²) in [6.45, 7) is 14.8. The van der Waals surface area contributed by atoms with Crippen LogP contribution in [0.15, 0.2) is 25.3 Å². The van der Waals surface area contributed by atoms with E-state index in [1.807, 2.05) is 13.8 Å². The normalized spacial score (nSPS) is 20.7. The Balaban J connectivity index is 2.36. The van der Waals surface area contributed by atoms with Crippen LogP contribution in [0.25, 0.3) is 0 Å². The summed E-state index contributed by atoms with van der Waals surface area (Å²) in [7, 11) is 0. The Morgan fingerprint density at radius 2 is 1.51 bits per heavy atom. The number of hydrogen-bond acceptors (Lipinski definition) is 6. The van der Waals surface area contributed by atoms with Gasteiger partial charge in [-0.3, -0.25) is 28.8 Å². The molecule has 2 rings (SSSR count). The van der Waals surface area contributed by atoms with Gasteiger partial charge in [0.1, 0.15) is 12.1 Å². The first-order chi connectivity index (χ1) is 19.4. The van der Waals surface area contributed by atoms with E-state index in [1.165, 1.54) is 11.0 Å². The second-order valence-corrected chi connectivity index (χ2v) is 11.8. The molecule has 10 nitrogen and oxygen atoms in total. The van der Waals surface area contributed by atoms with Crippen LogP contribution in [0.5, 0.6) is 0 Å². The van der Waals surface area contributed by atoms with Crippen molar-refractivity contribution in [2.75, 3.05) is 13.1 Å². The van der Waals surface area contributed by atoms with Crippen LogP contribution in [-0.2, 0) is 28.8 Å². The average molecular weight is 573 g/mol. The third kappa shape index (κ3) is 9.10.